The molecule has 17 heavy (non-hydrogen) atoms. The fourth-order valence-corrected chi connectivity index (χ4v) is 3.73. The quantitative estimate of drug-likeness (QED) is 0.874. The molecule has 2 N–H and O–H groups in total. The van der Waals surface area contributed by atoms with E-state index in [0.717, 1.165) is 6.42 Å². The van der Waals surface area contributed by atoms with Crippen molar-refractivity contribution < 1.29 is 4.74 Å². The van der Waals surface area contributed by atoms with Crippen LogP contribution in [0.25, 0.3) is 0 Å². The second kappa shape index (κ2) is 6.53. The Kier molecular flexibility index (Phi) is 5.01. The molecular formula is C14H23NOS. The van der Waals surface area contributed by atoms with Gasteiger partial charge in [-0.2, -0.15) is 0 Å². The van der Waals surface area contributed by atoms with Gasteiger partial charge in [-0.25, -0.2) is 0 Å². The Hall–Kier alpha value is -0.380. The summed E-state index contributed by atoms with van der Waals surface area (Å²) >= 11 is 1.79. The van der Waals surface area contributed by atoms with Gasteiger partial charge in [0.15, 0.2) is 0 Å². The topological polar surface area (TPSA) is 35.2 Å². The minimum atomic E-state index is 0.141. The van der Waals surface area contributed by atoms with Crippen molar-refractivity contribution in [1.29, 1.82) is 0 Å². The zero-order valence-electron chi connectivity index (χ0n) is 10.6. The summed E-state index contributed by atoms with van der Waals surface area (Å²) in [7, 11) is 1.81. The van der Waals surface area contributed by atoms with Crippen LogP contribution in [-0.4, -0.2) is 19.3 Å². The third-order valence-electron chi connectivity index (χ3n) is 3.83. The molecule has 1 saturated carbocycles. The second-order valence-corrected chi connectivity index (χ2v) is 6.08. The Labute approximate surface area is 108 Å². The summed E-state index contributed by atoms with van der Waals surface area (Å²) in [5.74, 6) is 0.670. The highest BCUT2D eigenvalue weighted by atomic mass is 32.1. The van der Waals surface area contributed by atoms with E-state index in [-0.39, 0.29) is 12.1 Å². The third-order valence-corrected chi connectivity index (χ3v) is 4.72. The molecule has 2 rings (SSSR count). The van der Waals surface area contributed by atoms with Crippen LogP contribution >= 0.6 is 11.3 Å². The van der Waals surface area contributed by atoms with Crippen LogP contribution in [0, 0.1) is 5.92 Å². The molecule has 0 spiro atoms. The van der Waals surface area contributed by atoms with E-state index in [9.17, 15) is 0 Å². The van der Waals surface area contributed by atoms with Gasteiger partial charge in [0.1, 0.15) is 0 Å². The minimum Gasteiger partial charge on any atom is -0.380 e. The van der Waals surface area contributed by atoms with Crippen LogP contribution < -0.4 is 5.73 Å². The van der Waals surface area contributed by atoms with E-state index in [4.69, 9.17) is 10.5 Å². The van der Waals surface area contributed by atoms with Crippen molar-refractivity contribution in [1.82, 2.24) is 0 Å². The van der Waals surface area contributed by atoms with E-state index in [2.05, 4.69) is 17.5 Å². The standard InChI is InChI=1S/C14H23NOS/c1-16-14(11-6-3-2-4-7-11)13(15)10-12-8-5-9-17-12/h5,8-9,11,13-14H,2-4,6-7,10,15H2,1H3. The summed E-state index contributed by atoms with van der Waals surface area (Å²) < 4.78 is 5.68. The van der Waals surface area contributed by atoms with Gasteiger partial charge < -0.3 is 10.5 Å². The Morgan fingerprint density at radius 1 is 1.41 bits per heavy atom. The molecule has 2 unspecified atom stereocenters. The predicted molar refractivity (Wildman–Crippen MR) is 73.4 cm³/mol. The minimum absolute atomic E-state index is 0.141. The first-order valence-corrected chi connectivity index (χ1v) is 7.50. The van der Waals surface area contributed by atoms with Crippen molar-refractivity contribution >= 4 is 11.3 Å². The fraction of sp³-hybridized carbons (Fsp3) is 0.714. The third kappa shape index (κ3) is 3.54. The lowest BCUT2D eigenvalue weighted by Gasteiger charge is -2.33. The summed E-state index contributed by atoms with van der Waals surface area (Å²) in [6.45, 7) is 0. The summed E-state index contributed by atoms with van der Waals surface area (Å²) in [5, 5.41) is 2.12. The van der Waals surface area contributed by atoms with E-state index in [1.807, 2.05) is 7.11 Å². The van der Waals surface area contributed by atoms with E-state index in [0.29, 0.717) is 5.92 Å². The molecule has 1 aliphatic carbocycles. The highest BCUT2D eigenvalue weighted by Gasteiger charge is 2.28. The van der Waals surface area contributed by atoms with E-state index < -0.39 is 0 Å². The van der Waals surface area contributed by atoms with Gasteiger partial charge in [-0.05, 0) is 36.6 Å². The predicted octanol–water partition coefficient (Wildman–Crippen LogP) is 3.21. The Balaban J connectivity index is 1.92. The molecule has 1 heterocycles. The van der Waals surface area contributed by atoms with Gasteiger partial charge in [0.05, 0.1) is 6.10 Å². The molecule has 1 aromatic heterocycles. The van der Waals surface area contributed by atoms with Gasteiger partial charge >= 0.3 is 0 Å². The normalized spacial score (nSPS) is 21.3. The van der Waals surface area contributed by atoms with Crippen molar-refractivity contribution in [2.45, 2.75) is 50.7 Å². The van der Waals surface area contributed by atoms with Crippen LogP contribution in [-0.2, 0) is 11.2 Å². The zero-order chi connectivity index (χ0) is 12.1. The van der Waals surface area contributed by atoms with E-state index in [1.54, 1.807) is 11.3 Å². The first-order chi connectivity index (χ1) is 8.31. The molecule has 1 aromatic rings. The molecule has 1 fully saturated rings. The maximum Gasteiger partial charge on any atom is 0.0753 e. The monoisotopic (exact) mass is 253 g/mol. The molecule has 0 aromatic carbocycles. The molecule has 3 heteroatoms. The molecule has 0 amide bonds. The highest BCUT2D eigenvalue weighted by Crippen LogP contribution is 2.29. The van der Waals surface area contributed by atoms with Crippen LogP contribution in [0.15, 0.2) is 17.5 Å². The average Bonchev–Trinajstić information content (AvgIpc) is 2.84. The molecule has 1 aliphatic rings. The maximum absolute atomic E-state index is 6.33. The SMILES string of the molecule is COC(C(N)Cc1cccs1)C1CCCCC1. The summed E-state index contributed by atoms with van der Waals surface area (Å²) in [6.07, 6.45) is 7.83. The number of methoxy groups -OCH3 is 1. The zero-order valence-corrected chi connectivity index (χ0v) is 11.4. The summed E-state index contributed by atoms with van der Waals surface area (Å²) in [5.41, 5.74) is 6.33. The van der Waals surface area contributed by atoms with Crippen LogP contribution in [0.5, 0.6) is 0 Å². The van der Waals surface area contributed by atoms with Crippen molar-refractivity contribution in [2.24, 2.45) is 11.7 Å². The van der Waals surface area contributed by atoms with Gasteiger partial charge in [0.2, 0.25) is 0 Å². The Bertz CT molecular complexity index is 306. The van der Waals surface area contributed by atoms with Gasteiger partial charge in [-0.3, -0.25) is 0 Å². The molecule has 0 saturated heterocycles. The molecule has 2 nitrogen and oxygen atoms in total. The molecule has 96 valence electrons. The summed E-state index contributed by atoms with van der Waals surface area (Å²) in [6, 6.07) is 4.40. The molecule has 0 bridgehead atoms. The lowest BCUT2D eigenvalue weighted by molar-refractivity contribution is 0.0180. The largest absolute Gasteiger partial charge is 0.380 e. The summed E-state index contributed by atoms with van der Waals surface area (Å²) in [4.78, 5) is 1.37. The highest BCUT2D eigenvalue weighted by molar-refractivity contribution is 7.09. The maximum atomic E-state index is 6.33. The van der Waals surface area contributed by atoms with Crippen molar-refractivity contribution in [3.8, 4) is 0 Å². The molecule has 2 atom stereocenters. The van der Waals surface area contributed by atoms with Crippen molar-refractivity contribution in [3.05, 3.63) is 22.4 Å². The van der Waals surface area contributed by atoms with Crippen molar-refractivity contribution in [2.75, 3.05) is 7.11 Å². The van der Waals surface area contributed by atoms with Gasteiger partial charge in [0.25, 0.3) is 0 Å². The molecule has 0 aliphatic heterocycles. The number of hydrogen-bond donors (Lipinski definition) is 1. The first-order valence-electron chi connectivity index (χ1n) is 6.62. The second-order valence-electron chi connectivity index (χ2n) is 5.05. The van der Waals surface area contributed by atoms with Gasteiger partial charge in [0, 0.05) is 18.0 Å². The average molecular weight is 253 g/mol. The van der Waals surface area contributed by atoms with Crippen LogP contribution in [0.2, 0.25) is 0 Å². The van der Waals surface area contributed by atoms with Crippen LogP contribution in [0.4, 0.5) is 0 Å². The molecular weight excluding hydrogens is 230 g/mol. The lowest BCUT2D eigenvalue weighted by Crippen LogP contribution is -2.43. The lowest BCUT2D eigenvalue weighted by atomic mass is 9.82. The fourth-order valence-electron chi connectivity index (χ4n) is 2.96. The first kappa shape index (κ1) is 13.1. The Morgan fingerprint density at radius 2 is 2.18 bits per heavy atom. The Morgan fingerprint density at radius 3 is 2.76 bits per heavy atom. The molecule has 0 radical (unpaired) electrons. The number of thiophene rings is 1. The number of nitrogens with two attached hydrogens (primary N) is 1. The van der Waals surface area contributed by atoms with Crippen molar-refractivity contribution in [3.63, 3.8) is 0 Å². The number of rotatable bonds is 5. The van der Waals surface area contributed by atoms with Crippen LogP contribution in [0.1, 0.15) is 37.0 Å². The number of hydrogen-bond acceptors (Lipinski definition) is 3. The van der Waals surface area contributed by atoms with Gasteiger partial charge in [-0.15, -0.1) is 11.3 Å². The van der Waals surface area contributed by atoms with Crippen LogP contribution in [0.3, 0.4) is 0 Å². The van der Waals surface area contributed by atoms with Gasteiger partial charge in [-0.1, -0.05) is 25.3 Å². The van der Waals surface area contributed by atoms with E-state index in [1.165, 1.54) is 37.0 Å². The number of ether oxygens (including phenoxy) is 1. The van der Waals surface area contributed by atoms with E-state index >= 15 is 0 Å². The smallest absolute Gasteiger partial charge is 0.0753 e.